The summed E-state index contributed by atoms with van der Waals surface area (Å²) in [5, 5.41) is 0. The average Bonchev–Trinajstić information content (AvgIpc) is 2.13. The molecule has 0 N–H and O–H groups in total. The maximum absolute atomic E-state index is 12.8. The highest BCUT2D eigenvalue weighted by molar-refractivity contribution is 5.79. The van der Waals surface area contributed by atoms with Crippen molar-refractivity contribution in [2.75, 3.05) is 0 Å². The van der Waals surface area contributed by atoms with Gasteiger partial charge in [-0.2, -0.15) is 4.39 Å². The number of aldehydes is 1. The summed E-state index contributed by atoms with van der Waals surface area (Å²) in [6.07, 6.45) is 0.185. The summed E-state index contributed by atoms with van der Waals surface area (Å²) in [5.74, 6) is -3.74. The van der Waals surface area contributed by atoms with E-state index in [-0.39, 0.29) is 17.4 Å². The van der Waals surface area contributed by atoms with Crippen LogP contribution in [0.25, 0.3) is 0 Å². The summed E-state index contributed by atoms with van der Waals surface area (Å²) in [5.41, 5.74) is -0.445. The third-order valence-corrected chi connectivity index (χ3v) is 1.58. The fourth-order valence-corrected chi connectivity index (χ4v) is 0.928. The minimum absolute atomic E-state index is 0.0830. The molecule has 0 aromatic heterocycles. The zero-order valence-electron chi connectivity index (χ0n) is 6.61. The number of carbonyl (C=O) groups excluding carboxylic acids is 1. The molecule has 5 heteroatoms. The number of benzene rings is 1. The van der Waals surface area contributed by atoms with E-state index in [1.165, 1.54) is 6.92 Å². The minimum Gasteiger partial charge on any atom is -0.298 e. The maximum Gasteiger partial charge on any atom is 0.220 e. The van der Waals surface area contributed by atoms with Gasteiger partial charge in [0.05, 0.1) is 5.56 Å². The molecule has 0 spiro atoms. The highest BCUT2D eigenvalue weighted by Gasteiger charge is 2.18. The number of hydrogen-bond acceptors (Lipinski definition) is 2. The molecule has 0 heterocycles. The van der Waals surface area contributed by atoms with Gasteiger partial charge in [-0.3, -0.25) is 9.74 Å². The summed E-state index contributed by atoms with van der Waals surface area (Å²) in [6.45, 7) is 1.26. The summed E-state index contributed by atoms with van der Waals surface area (Å²) in [7, 11) is 0. The molecule has 0 saturated heterocycles. The molecule has 0 unspecified atom stereocenters. The minimum atomic E-state index is -1.50. The molecule has 0 fully saturated rings. The fourth-order valence-electron chi connectivity index (χ4n) is 0.928. The molecule has 70 valence electrons. The topological polar surface area (TPSA) is 26.3 Å². The first kappa shape index (κ1) is 9.57. The van der Waals surface area contributed by atoms with Gasteiger partial charge in [-0.15, -0.1) is 0 Å². The van der Waals surface area contributed by atoms with Crippen LogP contribution < -0.4 is 4.94 Å². The highest BCUT2D eigenvalue weighted by Crippen LogP contribution is 2.26. The van der Waals surface area contributed by atoms with Gasteiger partial charge in [-0.1, -0.05) is 0 Å². The second kappa shape index (κ2) is 3.47. The van der Waals surface area contributed by atoms with Gasteiger partial charge in [0.2, 0.25) is 11.6 Å². The molecule has 0 amide bonds. The molecule has 1 aromatic rings. The maximum atomic E-state index is 12.8. The second-order valence-electron chi connectivity index (χ2n) is 2.43. The Morgan fingerprint density at radius 2 is 2.00 bits per heavy atom. The summed E-state index contributed by atoms with van der Waals surface area (Å²) in [6, 6.07) is 1.00. The second-order valence-corrected chi connectivity index (χ2v) is 2.43. The zero-order valence-corrected chi connectivity index (χ0v) is 6.61. The SMILES string of the molecule is Cc1cc(C=O)c(OF)c(F)c1F. The number of hydrogen-bond donors (Lipinski definition) is 0. The number of carbonyl (C=O) groups is 1. The lowest BCUT2D eigenvalue weighted by Crippen LogP contribution is -1.97. The predicted octanol–water partition coefficient (Wildman–Crippen LogP) is 2.35. The summed E-state index contributed by atoms with van der Waals surface area (Å²) in [4.78, 5) is 13.3. The van der Waals surface area contributed by atoms with E-state index in [0.29, 0.717) is 0 Å². The Morgan fingerprint density at radius 1 is 1.38 bits per heavy atom. The van der Waals surface area contributed by atoms with E-state index in [9.17, 15) is 18.1 Å². The van der Waals surface area contributed by atoms with Gasteiger partial charge in [-0.25, -0.2) is 4.39 Å². The first-order valence-corrected chi connectivity index (χ1v) is 3.34. The van der Waals surface area contributed by atoms with Gasteiger partial charge in [0.1, 0.15) is 0 Å². The number of halogens is 3. The molecule has 13 heavy (non-hydrogen) atoms. The van der Waals surface area contributed by atoms with Crippen LogP contribution in [0, 0.1) is 18.6 Å². The van der Waals surface area contributed by atoms with Crippen LogP contribution in [0.5, 0.6) is 5.75 Å². The summed E-state index contributed by atoms with van der Waals surface area (Å²) < 4.78 is 37.2. The largest absolute Gasteiger partial charge is 0.298 e. The Kier molecular flexibility index (Phi) is 2.55. The van der Waals surface area contributed by atoms with Gasteiger partial charge in [0.25, 0.3) is 0 Å². The lowest BCUT2D eigenvalue weighted by atomic mass is 10.1. The molecular weight excluding hydrogens is 185 g/mol. The van der Waals surface area contributed by atoms with Crippen LogP contribution in [0.1, 0.15) is 15.9 Å². The molecule has 0 bridgehead atoms. The van der Waals surface area contributed by atoms with Crippen molar-refractivity contribution < 1.29 is 23.0 Å². The standard InChI is InChI=1S/C8H5F3O2/c1-4-2-5(3-12)8(13-11)7(10)6(4)9/h2-3H,1H3. The molecule has 0 atom stereocenters. The quantitative estimate of drug-likeness (QED) is 0.669. The molecule has 0 aliphatic carbocycles. The Hall–Kier alpha value is -1.52. The van der Waals surface area contributed by atoms with Gasteiger partial charge in [0.15, 0.2) is 12.1 Å². The zero-order chi connectivity index (χ0) is 10.0. The fraction of sp³-hybridized carbons (Fsp3) is 0.125. The Labute approximate surface area is 71.8 Å². The van der Waals surface area contributed by atoms with Crippen molar-refractivity contribution in [2.45, 2.75) is 6.92 Å². The highest BCUT2D eigenvalue weighted by atomic mass is 19.3. The first-order chi connectivity index (χ1) is 6.11. The van der Waals surface area contributed by atoms with Crippen molar-refractivity contribution in [3.63, 3.8) is 0 Å². The molecule has 0 radical (unpaired) electrons. The molecule has 0 saturated carbocycles. The van der Waals surface area contributed by atoms with Crippen molar-refractivity contribution in [1.82, 2.24) is 0 Å². The smallest absolute Gasteiger partial charge is 0.220 e. The van der Waals surface area contributed by atoms with Crippen molar-refractivity contribution in [1.29, 1.82) is 0 Å². The number of aryl methyl sites for hydroxylation is 1. The van der Waals surface area contributed by atoms with Crippen LogP contribution in [0.3, 0.4) is 0 Å². The Bertz CT molecular complexity index is 350. The molecule has 1 rings (SSSR count). The van der Waals surface area contributed by atoms with Crippen molar-refractivity contribution in [2.24, 2.45) is 0 Å². The van der Waals surface area contributed by atoms with Crippen LogP contribution in [0.4, 0.5) is 13.3 Å². The van der Waals surface area contributed by atoms with Crippen molar-refractivity contribution >= 4 is 6.29 Å². The first-order valence-electron chi connectivity index (χ1n) is 3.34. The van der Waals surface area contributed by atoms with Crippen LogP contribution in [-0.2, 0) is 0 Å². The normalized spacial score (nSPS) is 9.85. The molecule has 1 aromatic carbocycles. The van der Waals surface area contributed by atoms with E-state index in [1.54, 1.807) is 0 Å². The van der Waals surface area contributed by atoms with E-state index < -0.39 is 17.4 Å². The van der Waals surface area contributed by atoms with E-state index in [0.717, 1.165) is 6.07 Å². The number of rotatable bonds is 2. The Balaban J connectivity index is 3.47. The summed E-state index contributed by atoms with van der Waals surface area (Å²) >= 11 is 0. The van der Waals surface area contributed by atoms with Crippen molar-refractivity contribution in [3.05, 3.63) is 28.8 Å². The van der Waals surface area contributed by atoms with Crippen LogP contribution in [-0.4, -0.2) is 6.29 Å². The monoisotopic (exact) mass is 190 g/mol. The molecule has 0 aliphatic heterocycles. The van der Waals surface area contributed by atoms with Crippen LogP contribution >= 0.6 is 0 Å². The van der Waals surface area contributed by atoms with Gasteiger partial charge in [-0.05, 0) is 18.6 Å². The lowest BCUT2D eigenvalue weighted by molar-refractivity contribution is -0.0121. The molecular formula is C8H5F3O2. The van der Waals surface area contributed by atoms with Gasteiger partial charge in [0, 0.05) is 4.53 Å². The van der Waals surface area contributed by atoms with E-state index >= 15 is 0 Å². The van der Waals surface area contributed by atoms with Crippen molar-refractivity contribution in [3.8, 4) is 5.75 Å². The van der Waals surface area contributed by atoms with E-state index in [1.807, 2.05) is 0 Å². The predicted molar refractivity (Wildman–Crippen MR) is 38.2 cm³/mol. The molecule has 0 aliphatic rings. The third kappa shape index (κ3) is 1.49. The van der Waals surface area contributed by atoms with Gasteiger partial charge >= 0.3 is 0 Å². The Morgan fingerprint density at radius 3 is 2.46 bits per heavy atom. The molecule has 2 nitrogen and oxygen atoms in total. The van der Waals surface area contributed by atoms with Crippen LogP contribution in [0.15, 0.2) is 6.07 Å². The average molecular weight is 190 g/mol. The van der Waals surface area contributed by atoms with Crippen LogP contribution in [0.2, 0.25) is 0 Å². The van der Waals surface area contributed by atoms with Gasteiger partial charge < -0.3 is 0 Å². The van der Waals surface area contributed by atoms with E-state index in [4.69, 9.17) is 0 Å². The lowest BCUT2D eigenvalue weighted by Gasteiger charge is -2.03. The van der Waals surface area contributed by atoms with E-state index in [2.05, 4.69) is 4.94 Å². The third-order valence-electron chi connectivity index (χ3n) is 1.58.